The Kier molecular flexibility index (Phi) is 6.51. The molecule has 154 valence electrons. The third-order valence-electron chi connectivity index (χ3n) is 5.10. The molecule has 0 saturated carbocycles. The van der Waals surface area contributed by atoms with Crippen LogP contribution in [0, 0.1) is 0 Å². The molecule has 1 aliphatic rings. The molecule has 1 N–H and O–H groups in total. The van der Waals surface area contributed by atoms with Gasteiger partial charge in [-0.15, -0.1) is 11.3 Å². The summed E-state index contributed by atoms with van der Waals surface area (Å²) >= 11 is 1.42. The number of hydrogen-bond donors (Lipinski definition) is 1. The summed E-state index contributed by atoms with van der Waals surface area (Å²) in [5, 5.41) is 3.81. The zero-order valence-corrected chi connectivity index (χ0v) is 17.5. The fourth-order valence-electron chi connectivity index (χ4n) is 3.41. The zero-order valence-electron chi connectivity index (χ0n) is 16.7. The van der Waals surface area contributed by atoms with Crippen LogP contribution in [0.4, 0.5) is 0 Å². The number of amides is 2. The van der Waals surface area contributed by atoms with Crippen molar-refractivity contribution in [1.82, 2.24) is 20.1 Å². The standard InChI is InChI=1S/C23H24N4O2S/c28-21(24-15-18-7-3-1-4-8-18)17-26-11-13-27(14-12-26)23(29)20-16-25-22(30-20)19-9-5-2-6-10-19/h1-10,16H,11-15,17H2,(H,24,28). The Labute approximate surface area is 180 Å². The Bertz CT molecular complexity index is 983. The van der Waals surface area contributed by atoms with Crippen molar-refractivity contribution >= 4 is 23.2 Å². The van der Waals surface area contributed by atoms with Crippen molar-refractivity contribution < 1.29 is 9.59 Å². The van der Waals surface area contributed by atoms with Gasteiger partial charge in [-0.3, -0.25) is 14.5 Å². The molecule has 1 aromatic heterocycles. The van der Waals surface area contributed by atoms with Crippen LogP contribution in [-0.2, 0) is 11.3 Å². The third kappa shape index (κ3) is 5.11. The summed E-state index contributed by atoms with van der Waals surface area (Å²) in [5.74, 6) is 0.0245. The van der Waals surface area contributed by atoms with Crippen LogP contribution in [0.25, 0.3) is 10.6 Å². The molecule has 0 radical (unpaired) electrons. The molecular weight excluding hydrogens is 396 g/mol. The summed E-state index contributed by atoms with van der Waals surface area (Å²) in [6.07, 6.45) is 1.67. The molecule has 1 saturated heterocycles. The molecule has 2 heterocycles. The van der Waals surface area contributed by atoms with E-state index in [9.17, 15) is 9.59 Å². The first-order valence-electron chi connectivity index (χ1n) is 10.0. The average molecular weight is 421 g/mol. The number of aromatic nitrogens is 1. The largest absolute Gasteiger partial charge is 0.351 e. The summed E-state index contributed by atoms with van der Waals surface area (Å²) in [6, 6.07) is 19.8. The zero-order chi connectivity index (χ0) is 20.8. The highest BCUT2D eigenvalue weighted by atomic mass is 32.1. The van der Waals surface area contributed by atoms with Crippen LogP contribution in [0.3, 0.4) is 0 Å². The molecule has 7 heteroatoms. The fourth-order valence-corrected chi connectivity index (χ4v) is 4.30. The molecule has 1 aliphatic heterocycles. The third-order valence-corrected chi connectivity index (χ3v) is 6.13. The Morgan fingerprint density at radius 1 is 0.933 bits per heavy atom. The highest BCUT2D eigenvalue weighted by molar-refractivity contribution is 7.16. The maximum absolute atomic E-state index is 12.8. The lowest BCUT2D eigenvalue weighted by atomic mass is 10.2. The van der Waals surface area contributed by atoms with E-state index in [1.54, 1.807) is 6.20 Å². The second-order valence-electron chi connectivity index (χ2n) is 7.23. The van der Waals surface area contributed by atoms with E-state index < -0.39 is 0 Å². The molecule has 30 heavy (non-hydrogen) atoms. The number of hydrogen-bond acceptors (Lipinski definition) is 5. The topological polar surface area (TPSA) is 65.5 Å². The van der Waals surface area contributed by atoms with E-state index in [1.807, 2.05) is 65.6 Å². The summed E-state index contributed by atoms with van der Waals surface area (Å²) in [7, 11) is 0. The highest BCUT2D eigenvalue weighted by Gasteiger charge is 2.24. The van der Waals surface area contributed by atoms with Crippen molar-refractivity contribution in [2.75, 3.05) is 32.7 Å². The number of nitrogens with zero attached hydrogens (tertiary/aromatic N) is 3. The van der Waals surface area contributed by atoms with Crippen molar-refractivity contribution in [3.8, 4) is 10.6 Å². The number of benzene rings is 2. The second kappa shape index (κ2) is 9.65. The number of nitrogens with one attached hydrogen (secondary N) is 1. The number of piperazine rings is 1. The summed E-state index contributed by atoms with van der Waals surface area (Å²) < 4.78 is 0. The first-order chi connectivity index (χ1) is 14.7. The van der Waals surface area contributed by atoms with Crippen LogP contribution < -0.4 is 5.32 Å². The monoisotopic (exact) mass is 420 g/mol. The molecule has 2 amide bonds. The normalized spacial score (nSPS) is 14.5. The summed E-state index contributed by atoms with van der Waals surface area (Å²) in [4.78, 5) is 34.1. The Morgan fingerprint density at radius 3 is 2.30 bits per heavy atom. The van der Waals surface area contributed by atoms with Gasteiger partial charge < -0.3 is 10.2 Å². The maximum atomic E-state index is 12.8. The quantitative estimate of drug-likeness (QED) is 0.666. The first-order valence-corrected chi connectivity index (χ1v) is 10.8. The molecule has 0 unspecified atom stereocenters. The molecule has 0 bridgehead atoms. The SMILES string of the molecule is O=C(CN1CCN(C(=O)c2cnc(-c3ccccc3)s2)CC1)NCc1ccccc1. The van der Waals surface area contributed by atoms with Crippen LogP contribution in [-0.4, -0.2) is 59.3 Å². The van der Waals surface area contributed by atoms with Crippen LogP contribution in [0.2, 0.25) is 0 Å². The van der Waals surface area contributed by atoms with Crippen LogP contribution >= 0.6 is 11.3 Å². The molecule has 0 atom stereocenters. The van der Waals surface area contributed by atoms with E-state index in [2.05, 4.69) is 15.2 Å². The van der Waals surface area contributed by atoms with Crippen LogP contribution in [0.15, 0.2) is 66.9 Å². The van der Waals surface area contributed by atoms with Gasteiger partial charge >= 0.3 is 0 Å². The lowest BCUT2D eigenvalue weighted by molar-refractivity contribution is -0.122. The smallest absolute Gasteiger partial charge is 0.265 e. The lowest BCUT2D eigenvalue weighted by Crippen LogP contribution is -2.51. The van der Waals surface area contributed by atoms with Gasteiger partial charge in [0.15, 0.2) is 0 Å². The van der Waals surface area contributed by atoms with Gasteiger partial charge in [-0.05, 0) is 5.56 Å². The van der Waals surface area contributed by atoms with Gasteiger partial charge in [0, 0.05) is 38.3 Å². The number of rotatable bonds is 6. The lowest BCUT2D eigenvalue weighted by Gasteiger charge is -2.34. The van der Waals surface area contributed by atoms with Gasteiger partial charge in [-0.2, -0.15) is 0 Å². The molecule has 1 fully saturated rings. The fraction of sp³-hybridized carbons (Fsp3) is 0.261. The van der Waals surface area contributed by atoms with E-state index in [-0.39, 0.29) is 11.8 Å². The van der Waals surface area contributed by atoms with Crippen molar-refractivity contribution in [3.63, 3.8) is 0 Å². The molecule has 0 spiro atoms. The minimum absolute atomic E-state index is 0.00795. The molecule has 2 aromatic carbocycles. The number of carbonyl (C=O) groups excluding carboxylic acids is 2. The van der Waals surface area contributed by atoms with E-state index in [4.69, 9.17) is 0 Å². The Hall–Kier alpha value is -3.03. The van der Waals surface area contributed by atoms with Gasteiger partial charge in [-0.1, -0.05) is 60.7 Å². The summed E-state index contributed by atoms with van der Waals surface area (Å²) in [6.45, 7) is 3.50. The highest BCUT2D eigenvalue weighted by Crippen LogP contribution is 2.25. The first kappa shape index (κ1) is 20.3. The number of thiazole rings is 1. The van der Waals surface area contributed by atoms with Crippen molar-refractivity contribution in [2.24, 2.45) is 0 Å². The minimum Gasteiger partial charge on any atom is -0.351 e. The van der Waals surface area contributed by atoms with Crippen LogP contribution in [0.1, 0.15) is 15.2 Å². The van der Waals surface area contributed by atoms with Crippen molar-refractivity contribution in [1.29, 1.82) is 0 Å². The molecule has 4 rings (SSSR count). The van der Waals surface area contributed by atoms with Crippen LogP contribution in [0.5, 0.6) is 0 Å². The molecule has 0 aliphatic carbocycles. The van der Waals surface area contributed by atoms with Gasteiger partial charge in [0.25, 0.3) is 5.91 Å². The van der Waals surface area contributed by atoms with Gasteiger partial charge in [-0.25, -0.2) is 4.98 Å². The predicted molar refractivity (Wildman–Crippen MR) is 118 cm³/mol. The van der Waals surface area contributed by atoms with E-state index >= 15 is 0 Å². The Balaban J connectivity index is 1.25. The van der Waals surface area contributed by atoms with Gasteiger partial charge in [0.2, 0.25) is 5.91 Å². The van der Waals surface area contributed by atoms with Gasteiger partial charge in [0.05, 0.1) is 12.7 Å². The van der Waals surface area contributed by atoms with Crippen molar-refractivity contribution in [3.05, 3.63) is 77.3 Å². The van der Waals surface area contributed by atoms with E-state index in [1.165, 1.54) is 11.3 Å². The average Bonchev–Trinajstić information content (AvgIpc) is 3.29. The molecule has 3 aromatic rings. The predicted octanol–water partition coefficient (Wildman–Crippen LogP) is 2.88. The minimum atomic E-state index is 0.00795. The van der Waals surface area contributed by atoms with Gasteiger partial charge in [0.1, 0.15) is 9.88 Å². The van der Waals surface area contributed by atoms with E-state index in [0.29, 0.717) is 44.1 Å². The Morgan fingerprint density at radius 2 is 1.60 bits per heavy atom. The summed E-state index contributed by atoms with van der Waals surface area (Å²) in [5.41, 5.74) is 2.11. The molecular formula is C23H24N4O2S. The van der Waals surface area contributed by atoms with E-state index in [0.717, 1.165) is 16.1 Å². The number of carbonyl (C=O) groups is 2. The maximum Gasteiger partial charge on any atom is 0.265 e. The van der Waals surface area contributed by atoms with Crippen molar-refractivity contribution in [2.45, 2.75) is 6.54 Å². The second-order valence-corrected chi connectivity index (χ2v) is 8.26. The molecule has 6 nitrogen and oxygen atoms in total.